The van der Waals surface area contributed by atoms with E-state index in [1.165, 1.54) is 6.07 Å². The van der Waals surface area contributed by atoms with Gasteiger partial charge < -0.3 is 10.2 Å². The fraction of sp³-hybridized carbons (Fsp3) is 0.667. The van der Waals surface area contributed by atoms with Crippen molar-refractivity contribution in [1.29, 1.82) is 0 Å². The number of rotatable bonds is 3. The van der Waals surface area contributed by atoms with Crippen LogP contribution in [0.3, 0.4) is 0 Å². The Kier molecular flexibility index (Phi) is 4.70. The minimum Gasteiger partial charge on any atom is -0.366 e. The first-order chi connectivity index (χ1) is 9.38. The van der Waals surface area contributed by atoms with Crippen LogP contribution in [0.4, 0.5) is 19.0 Å². The van der Waals surface area contributed by atoms with Crippen molar-refractivity contribution < 1.29 is 13.2 Å². The van der Waals surface area contributed by atoms with Gasteiger partial charge in [0.25, 0.3) is 0 Å². The van der Waals surface area contributed by atoms with Gasteiger partial charge in [-0.15, -0.1) is 0 Å². The van der Waals surface area contributed by atoms with E-state index in [1.807, 2.05) is 0 Å². The normalized spacial score (nSPS) is 20.9. The summed E-state index contributed by atoms with van der Waals surface area (Å²) in [6.07, 6.45) is -2.68. The molecule has 0 spiro atoms. The Bertz CT molecular complexity index is 467. The van der Waals surface area contributed by atoms with E-state index in [1.54, 1.807) is 0 Å². The highest BCUT2D eigenvalue weighted by Gasteiger charge is 2.35. The average Bonchev–Trinajstić information content (AvgIpc) is 2.37. The molecule has 4 nitrogen and oxygen atoms in total. The standard InChI is InChI=1S/C12H16ClF3N4/c1-2-20-5-3-4-8(7-20)17-10-6-9(13)18-11(19-10)12(14,15)16/h6,8H,2-5,7H2,1H3,(H,17,18,19). The molecular weight excluding hydrogens is 293 g/mol. The second-order valence-corrected chi connectivity index (χ2v) is 5.16. The van der Waals surface area contributed by atoms with E-state index >= 15 is 0 Å². The van der Waals surface area contributed by atoms with Gasteiger partial charge >= 0.3 is 6.18 Å². The molecule has 1 aromatic heterocycles. The van der Waals surface area contributed by atoms with Crippen molar-refractivity contribution in [2.45, 2.75) is 32.0 Å². The summed E-state index contributed by atoms with van der Waals surface area (Å²) in [6.45, 7) is 4.80. The number of halogens is 4. The number of likely N-dealkylation sites (N-methyl/N-ethyl adjacent to an activating group) is 1. The zero-order valence-electron chi connectivity index (χ0n) is 11.0. The number of likely N-dealkylation sites (tertiary alicyclic amines) is 1. The summed E-state index contributed by atoms with van der Waals surface area (Å²) in [5.74, 6) is -1.09. The molecule has 0 bridgehead atoms. The fourth-order valence-corrected chi connectivity index (χ4v) is 2.47. The van der Waals surface area contributed by atoms with Crippen LogP contribution in [0.1, 0.15) is 25.6 Å². The molecule has 1 N–H and O–H groups in total. The topological polar surface area (TPSA) is 41.0 Å². The summed E-state index contributed by atoms with van der Waals surface area (Å²) in [5, 5.41) is 2.81. The number of aromatic nitrogens is 2. The van der Waals surface area contributed by atoms with E-state index in [4.69, 9.17) is 11.6 Å². The van der Waals surface area contributed by atoms with E-state index in [-0.39, 0.29) is 17.0 Å². The molecule has 1 aliphatic heterocycles. The second-order valence-electron chi connectivity index (χ2n) is 4.77. The Morgan fingerprint density at radius 3 is 2.85 bits per heavy atom. The Labute approximate surface area is 120 Å². The molecular formula is C12H16ClF3N4. The van der Waals surface area contributed by atoms with Crippen LogP contribution in [0.5, 0.6) is 0 Å². The van der Waals surface area contributed by atoms with Gasteiger partial charge in [-0.3, -0.25) is 0 Å². The predicted molar refractivity (Wildman–Crippen MR) is 70.8 cm³/mol. The van der Waals surface area contributed by atoms with Gasteiger partial charge in [0.1, 0.15) is 11.0 Å². The highest BCUT2D eigenvalue weighted by Crippen LogP contribution is 2.28. The van der Waals surface area contributed by atoms with Gasteiger partial charge in [0.2, 0.25) is 5.82 Å². The molecule has 0 saturated carbocycles. The van der Waals surface area contributed by atoms with Crippen molar-refractivity contribution in [1.82, 2.24) is 14.9 Å². The number of nitrogens with one attached hydrogen (secondary N) is 1. The number of piperidine rings is 1. The number of hydrogen-bond acceptors (Lipinski definition) is 4. The zero-order chi connectivity index (χ0) is 14.8. The first-order valence-corrected chi connectivity index (χ1v) is 6.87. The smallest absolute Gasteiger partial charge is 0.366 e. The Morgan fingerprint density at radius 1 is 1.45 bits per heavy atom. The molecule has 1 unspecified atom stereocenters. The third-order valence-electron chi connectivity index (χ3n) is 3.25. The number of nitrogens with zero attached hydrogens (tertiary/aromatic N) is 3. The lowest BCUT2D eigenvalue weighted by molar-refractivity contribution is -0.144. The van der Waals surface area contributed by atoms with E-state index in [9.17, 15) is 13.2 Å². The molecule has 1 fully saturated rings. The van der Waals surface area contributed by atoms with Gasteiger partial charge in [-0.25, -0.2) is 9.97 Å². The minimum atomic E-state index is -4.59. The van der Waals surface area contributed by atoms with Gasteiger partial charge in [-0.1, -0.05) is 18.5 Å². The van der Waals surface area contributed by atoms with Gasteiger partial charge in [0.05, 0.1) is 0 Å². The van der Waals surface area contributed by atoms with Crippen LogP contribution in [-0.2, 0) is 6.18 Å². The predicted octanol–water partition coefficient (Wildman–Crippen LogP) is 3.05. The molecule has 0 radical (unpaired) electrons. The molecule has 1 atom stereocenters. The van der Waals surface area contributed by atoms with Crippen LogP contribution >= 0.6 is 11.6 Å². The number of anilines is 1. The highest BCUT2D eigenvalue weighted by molar-refractivity contribution is 6.29. The molecule has 2 rings (SSSR count). The maximum absolute atomic E-state index is 12.6. The van der Waals surface area contributed by atoms with Crippen molar-refractivity contribution in [2.75, 3.05) is 25.0 Å². The quantitative estimate of drug-likeness (QED) is 0.871. The minimum absolute atomic E-state index is 0.0794. The maximum atomic E-state index is 12.6. The van der Waals surface area contributed by atoms with E-state index in [0.717, 1.165) is 32.5 Å². The third-order valence-corrected chi connectivity index (χ3v) is 3.45. The van der Waals surface area contributed by atoms with Crippen LogP contribution in [0.2, 0.25) is 5.15 Å². The van der Waals surface area contributed by atoms with Crippen LogP contribution < -0.4 is 5.32 Å². The number of hydrogen-bond donors (Lipinski definition) is 1. The van der Waals surface area contributed by atoms with Crippen LogP contribution in [-0.4, -0.2) is 40.5 Å². The second kappa shape index (κ2) is 6.13. The lowest BCUT2D eigenvalue weighted by Gasteiger charge is -2.32. The monoisotopic (exact) mass is 308 g/mol. The summed E-state index contributed by atoms with van der Waals surface area (Å²) in [5.41, 5.74) is 0. The largest absolute Gasteiger partial charge is 0.451 e. The summed E-state index contributed by atoms with van der Waals surface area (Å²) in [7, 11) is 0. The van der Waals surface area contributed by atoms with Gasteiger partial charge in [-0.05, 0) is 25.9 Å². The molecule has 8 heteroatoms. The lowest BCUT2D eigenvalue weighted by Crippen LogP contribution is -2.42. The van der Waals surface area contributed by atoms with Crippen molar-refractivity contribution >= 4 is 17.4 Å². The van der Waals surface area contributed by atoms with Crippen LogP contribution in [0.25, 0.3) is 0 Å². The van der Waals surface area contributed by atoms with Crippen LogP contribution in [0, 0.1) is 0 Å². The first kappa shape index (κ1) is 15.3. The molecule has 1 saturated heterocycles. The fourth-order valence-electron chi connectivity index (χ4n) is 2.29. The third kappa shape index (κ3) is 3.96. The van der Waals surface area contributed by atoms with Gasteiger partial charge in [-0.2, -0.15) is 13.2 Å². The summed E-state index contributed by atoms with van der Waals surface area (Å²) < 4.78 is 37.9. The molecule has 1 aromatic rings. The molecule has 1 aliphatic rings. The molecule has 2 heterocycles. The van der Waals surface area contributed by atoms with Crippen molar-refractivity contribution in [3.8, 4) is 0 Å². The highest BCUT2D eigenvalue weighted by atomic mass is 35.5. The van der Waals surface area contributed by atoms with Crippen molar-refractivity contribution in [3.05, 3.63) is 17.0 Å². The molecule has 0 aliphatic carbocycles. The van der Waals surface area contributed by atoms with Gasteiger partial charge in [0.15, 0.2) is 0 Å². The van der Waals surface area contributed by atoms with E-state index in [0.29, 0.717) is 0 Å². The maximum Gasteiger partial charge on any atom is 0.451 e. The molecule has 20 heavy (non-hydrogen) atoms. The lowest BCUT2D eigenvalue weighted by atomic mass is 10.1. The summed E-state index contributed by atoms with van der Waals surface area (Å²) in [6, 6.07) is 1.40. The molecule has 0 amide bonds. The van der Waals surface area contributed by atoms with Crippen LogP contribution in [0.15, 0.2) is 6.07 Å². The number of alkyl halides is 3. The van der Waals surface area contributed by atoms with E-state index < -0.39 is 12.0 Å². The van der Waals surface area contributed by atoms with Gasteiger partial charge in [0, 0.05) is 18.7 Å². The van der Waals surface area contributed by atoms with Crippen molar-refractivity contribution in [3.63, 3.8) is 0 Å². The summed E-state index contributed by atoms with van der Waals surface area (Å²) in [4.78, 5) is 8.95. The summed E-state index contributed by atoms with van der Waals surface area (Å²) >= 11 is 5.63. The van der Waals surface area contributed by atoms with E-state index in [2.05, 4.69) is 27.1 Å². The first-order valence-electron chi connectivity index (χ1n) is 6.49. The average molecular weight is 309 g/mol. The van der Waals surface area contributed by atoms with Crippen molar-refractivity contribution in [2.24, 2.45) is 0 Å². The SMILES string of the molecule is CCN1CCCC(Nc2cc(Cl)nc(C(F)(F)F)n2)C1. The Hall–Kier alpha value is -1.08. The zero-order valence-corrected chi connectivity index (χ0v) is 11.8. The molecule has 0 aromatic carbocycles. The molecule has 112 valence electrons. The Balaban J connectivity index is 2.11. The Morgan fingerprint density at radius 2 is 2.20 bits per heavy atom.